The van der Waals surface area contributed by atoms with E-state index in [0.29, 0.717) is 19.8 Å². The number of ether oxygens (including phenoxy) is 1. The normalized spacial score (nSPS) is 15.4. The third kappa shape index (κ3) is 3.39. The van der Waals surface area contributed by atoms with Crippen molar-refractivity contribution in [2.75, 3.05) is 13.2 Å². The zero-order valence-corrected chi connectivity index (χ0v) is 13.9. The molecule has 1 aliphatic rings. The van der Waals surface area contributed by atoms with Gasteiger partial charge < -0.3 is 9.64 Å². The van der Waals surface area contributed by atoms with Crippen molar-refractivity contribution < 1.29 is 9.53 Å². The predicted octanol–water partition coefficient (Wildman–Crippen LogP) is 2.78. The number of carbonyl (C=O) groups excluding carboxylic acids is 1. The third-order valence-electron chi connectivity index (χ3n) is 4.68. The van der Waals surface area contributed by atoms with E-state index in [0.717, 1.165) is 18.4 Å². The molecular formula is C19H20N4O2. The molecule has 2 heterocycles. The van der Waals surface area contributed by atoms with E-state index in [1.165, 1.54) is 17.1 Å². The van der Waals surface area contributed by atoms with Crippen molar-refractivity contribution in [3.8, 4) is 0 Å². The summed E-state index contributed by atoms with van der Waals surface area (Å²) in [5.41, 5.74) is 1.11. The van der Waals surface area contributed by atoms with Crippen molar-refractivity contribution in [2.45, 2.75) is 25.4 Å². The molecule has 1 amide bonds. The van der Waals surface area contributed by atoms with Gasteiger partial charge >= 0.3 is 0 Å². The van der Waals surface area contributed by atoms with Crippen LogP contribution >= 0.6 is 0 Å². The minimum Gasteiger partial charge on any atom is -0.381 e. The summed E-state index contributed by atoms with van der Waals surface area (Å²) in [4.78, 5) is 18.9. The molecule has 0 unspecified atom stereocenters. The number of carbonyl (C=O) groups is 1. The number of nitrogens with zero attached hydrogens (tertiary/aromatic N) is 3. The lowest BCUT2D eigenvalue weighted by Crippen LogP contribution is -2.43. The Balaban J connectivity index is 1.63. The zero-order chi connectivity index (χ0) is 17.1. The maximum absolute atomic E-state index is 12.9. The molecule has 0 radical (unpaired) electrons. The van der Waals surface area contributed by atoms with Crippen LogP contribution in [0.25, 0.3) is 10.8 Å². The first-order chi connectivity index (χ1) is 12.3. The Morgan fingerprint density at radius 2 is 1.96 bits per heavy atom. The van der Waals surface area contributed by atoms with Gasteiger partial charge in [-0.2, -0.15) is 5.10 Å². The number of nitrogens with one attached hydrogen (secondary N) is 1. The topological polar surface area (TPSA) is 71.1 Å². The van der Waals surface area contributed by atoms with Gasteiger partial charge in [0.25, 0.3) is 5.91 Å². The fourth-order valence-corrected chi connectivity index (χ4v) is 3.34. The smallest absolute Gasteiger partial charge is 0.291 e. The van der Waals surface area contributed by atoms with Gasteiger partial charge in [0.15, 0.2) is 0 Å². The molecule has 3 aromatic rings. The number of amides is 1. The predicted molar refractivity (Wildman–Crippen MR) is 94.0 cm³/mol. The minimum atomic E-state index is -0.113. The van der Waals surface area contributed by atoms with E-state index in [1.54, 1.807) is 0 Å². The van der Waals surface area contributed by atoms with Gasteiger partial charge in [-0.1, -0.05) is 36.4 Å². The van der Waals surface area contributed by atoms with Crippen LogP contribution in [-0.4, -0.2) is 45.2 Å². The van der Waals surface area contributed by atoms with Crippen molar-refractivity contribution in [2.24, 2.45) is 0 Å². The second-order valence-corrected chi connectivity index (χ2v) is 6.29. The van der Waals surface area contributed by atoms with Crippen LogP contribution in [0.15, 0.2) is 48.8 Å². The number of hydrogen-bond acceptors (Lipinski definition) is 4. The molecule has 1 aromatic heterocycles. The summed E-state index contributed by atoms with van der Waals surface area (Å²) in [7, 11) is 0. The second-order valence-electron chi connectivity index (χ2n) is 6.29. The van der Waals surface area contributed by atoms with Crippen LogP contribution in [0.2, 0.25) is 0 Å². The molecule has 1 aliphatic heterocycles. The summed E-state index contributed by atoms with van der Waals surface area (Å²) in [5, 5.41) is 8.88. The van der Waals surface area contributed by atoms with E-state index in [2.05, 4.69) is 45.5 Å². The second kappa shape index (κ2) is 7.03. The first-order valence-corrected chi connectivity index (χ1v) is 8.53. The van der Waals surface area contributed by atoms with Crippen molar-refractivity contribution in [1.82, 2.24) is 20.1 Å². The van der Waals surface area contributed by atoms with E-state index in [4.69, 9.17) is 4.74 Å². The van der Waals surface area contributed by atoms with E-state index < -0.39 is 0 Å². The Hall–Kier alpha value is -2.73. The summed E-state index contributed by atoms with van der Waals surface area (Å²) in [5.74, 6) is 0.171. The molecule has 2 aromatic carbocycles. The zero-order valence-electron chi connectivity index (χ0n) is 13.9. The number of H-pyrrole nitrogens is 1. The average Bonchev–Trinajstić information content (AvgIpc) is 3.21. The number of aromatic nitrogens is 3. The van der Waals surface area contributed by atoms with Crippen molar-refractivity contribution in [1.29, 1.82) is 0 Å². The van der Waals surface area contributed by atoms with Crippen molar-refractivity contribution in [3.05, 3.63) is 60.2 Å². The van der Waals surface area contributed by atoms with Crippen LogP contribution in [0.5, 0.6) is 0 Å². The molecule has 6 heteroatoms. The van der Waals surface area contributed by atoms with Crippen LogP contribution in [0.3, 0.4) is 0 Å². The van der Waals surface area contributed by atoms with Crippen LogP contribution in [0.1, 0.15) is 29.0 Å². The summed E-state index contributed by atoms with van der Waals surface area (Å²) < 4.78 is 5.45. The van der Waals surface area contributed by atoms with Crippen molar-refractivity contribution in [3.63, 3.8) is 0 Å². The molecule has 1 N–H and O–H groups in total. The van der Waals surface area contributed by atoms with E-state index in [9.17, 15) is 4.79 Å². The van der Waals surface area contributed by atoms with E-state index in [1.807, 2.05) is 17.0 Å². The number of aromatic amines is 1. The summed E-state index contributed by atoms with van der Waals surface area (Å²) in [6.45, 7) is 1.92. The fourth-order valence-electron chi connectivity index (χ4n) is 3.34. The standard InChI is InChI=1S/C19H20N4O2/c24-19(18-20-13-21-22-18)23(17-7-9-25-10-8-17)12-14-5-6-15-3-1-2-4-16(15)11-14/h1-6,11,13,17H,7-10,12H2,(H,20,21,22). The van der Waals surface area contributed by atoms with E-state index in [-0.39, 0.29) is 17.8 Å². The monoisotopic (exact) mass is 336 g/mol. The Kier molecular flexibility index (Phi) is 4.43. The van der Waals surface area contributed by atoms with Gasteiger partial charge in [0.1, 0.15) is 6.33 Å². The SMILES string of the molecule is O=C(c1ncn[nH]1)N(Cc1ccc2ccccc2c1)C1CCOCC1. The molecule has 6 nitrogen and oxygen atoms in total. The van der Waals surface area contributed by atoms with Crippen LogP contribution in [0, 0.1) is 0 Å². The van der Waals surface area contributed by atoms with Gasteiger partial charge in [-0.25, -0.2) is 4.98 Å². The maximum atomic E-state index is 12.9. The van der Waals surface area contributed by atoms with Gasteiger partial charge in [0.2, 0.25) is 5.82 Å². The van der Waals surface area contributed by atoms with Gasteiger partial charge in [-0.3, -0.25) is 9.89 Å². The van der Waals surface area contributed by atoms with Crippen LogP contribution < -0.4 is 0 Å². The largest absolute Gasteiger partial charge is 0.381 e. The lowest BCUT2D eigenvalue weighted by Gasteiger charge is -2.34. The first-order valence-electron chi connectivity index (χ1n) is 8.53. The lowest BCUT2D eigenvalue weighted by atomic mass is 10.0. The molecule has 4 rings (SSSR count). The highest BCUT2D eigenvalue weighted by Crippen LogP contribution is 2.22. The Bertz CT molecular complexity index is 857. The number of fused-ring (bicyclic) bond motifs is 1. The fraction of sp³-hybridized carbons (Fsp3) is 0.316. The highest BCUT2D eigenvalue weighted by Gasteiger charge is 2.28. The number of benzene rings is 2. The Labute approximate surface area is 145 Å². The number of hydrogen-bond donors (Lipinski definition) is 1. The van der Waals surface area contributed by atoms with Crippen molar-refractivity contribution >= 4 is 16.7 Å². The van der Waals surface area contributed by atoms with Gasteiger partial charge in [-0.15, -0.1) is 0 Å². The highest BCUT2D eigenvalue weighted by atomic mass is 16.5. The molecular weight excluding hydrogens is 316 g/mol. The third-order valence-corrected chi connectivity index (χ3v) is 4.68. The Morgan fingerprint density at radius 3 is 2.72 bits per heavy atom. The molecule has 0 atom stereocenters. The van der Waals surface area contributed by atoms with Gasteiger partial charge in [0.05, 0.1) is 0 Å². The molecule has 0 spiro atoms. The highest BCUT2D eigenvalue weighted by molar-refractivity contribution is 5.90. The minimum absolute atomic E-state index is 0.113. The molecule has 128 valence electrons. The summed E-state index contributed by atoms with van der Waals surface area (Å²) in [6, 6.07) is 14.7. The lowest BCUT2D eigenvalue weighted by molar-refractivity contribution is 0.0260. The Morgan fingerprint density at radius 1 is 1.16 bits per heavy atom. The molecule has 0 aliphatic carbocycles. The van der Waals surface area contributed by atoms with E-state index >= 15 is 0 Å². The molecule has 1 fully saturated rings. The number of rotatable bonds is 4. The molecule has 0 saturated carbocycles. The maximum Gasteiger partial charge on any atom is 0.291 e. The van der Waals surface area contributed by atoms with Gasteiger partial charge in [-0.05, 0) is 35.2 Å². The summed E-state index contributed by atoms with van der Waals surface area (Å²) >= 11 is 0. The van der Waals surface area contributed by atoms with Crippen LogP contribution in [0.4, 0.5) is 0 Å². The average molecular weight is 336 g/mol. The molecule has 1 saturated heterocycles. The first kappa shape index (κ1) is 15.8. The summed E-state index contributed by atoms with van der Waals surface area (Å²) in [6.07, 6.45) is 3.05. The molecule has 25 heavy (non-hydrogen) atoms. The molecule has 0 bridgehead atoms. The quantitative estimate of drug-likeness (QED) is 0.795. The van der Waals surface area contributed by atoms with Gasteiger partial charge in [0, 0.05) is 25.8 Å². The van der Waals surface area contributed by atoms with Crippen LogP contribution in [-0.2, 0) is 11.3 Å².